The fourth-order valence-electron chi connectivity index (χ4n) is 3.14. The summed E-state index contributed by atoms with van der Waals surface area (Å²) in [5.41, 5.74) is 8.17. The molecule has 27 heavy (non-hydrogen) atoms. The van der Waals surface area contributed by atoms with Gasteiger partial charge in [-0.25, -0.2) is 0 Å². The van der Waals surface area contributed by atoms with Crippen molar-refractivity contribution in [2.24, 2.45) is 5.73 Å². The normalized spacial score (nSPS) is 12.1. The van der Waals surface area contributed by atoms with Gasteiger partial charge in [-0.15, -0.1) is 0 Å². The van der Waals surface area contributed by atoms with Crippen molar-refractivity contribution >= 4 is 8.80 Å². The fourth-order valence-corrected chi connectivity index (χ4v) is 4.95. The van der Waals surface area contributed by atoms with Crippen LogP contribution < -0.4 is 15.2 Å². The second-order valence-corrected chi connectivity index (χ2v) is 9.31. The summed E-state index contributed by atoms with van der Waals surface area (Å²) in [4.78, 5) is 0. The Balaban J connectivity index is 2.42. The maximum atomic E-state index is 6.97. The molecule has 0 aliphatic carbocycles. The highest BCUT2D eigenvalue weighted by Crippen LogP contribution is 2.35. The van der Waals surface area contributed by atoms with Crippen LogP contribution in [0.4, 0.5) is 0 Å². The molecular weight excluding hydrogens is 362 g/mol. The molecule has 6 nitrogen and oxygen atoms in total. The monoisotopic (exact) mass is 391 g/mol. The molecule has 0 bridgehead atoms. The van der Waals surface area contributed by atoms with E-state index in [0.29, 0.717) is 12.5 Å². The molecule has 0 spiro atoms. The molecule has 0 fully saturated rings. The van der Waals surface area contributed by atoms with E-state index < -0.39 is 14.3 Å². The second kappa shape index (κ2) is 9.34. The van der Waals surface area contributed by atoms with Crippen LogP contribution in [0.1, 0.15) is 17.5 Å². The Labute approximate surface area is 162 Å². The third-order valence-electron chi connectivity index (χ3n) is 4.97. The van der Waals surface area contributed by atoms with Crippen molar-refractivity contribution in [2.75, 3.05) is 35.5 Å². The Morgan fingerprint density at radius 1 is 0.704 bits per heavy atom. The van der Waals surface area contributed by atoms with Crippen molar-refractivity contribution < 1.29 is 22.8 Å². The van der Waals surface area contributed by atoms with Crippen molar-refractivity contribution in [3.8, 4) is 11.5 Å². The number of hydrogen-bond acceptors (Lipinski definition) is 6. The topological polar surface area (TPSA) is 72.2 Å². The lowest BCUT2D eigenvalue weighted by Crippen LogP contribution is -2.46. The Morgan fingerprint density at radius 3 is 1.37 bits per heavy atom. The summed E-state index contributed by atoms with van der Waals surface area (Å²) in [6.45, 7) is 0. The number of ether oxygens (including phenoxy) is 2. The number of rotatable bonds is 10. The van der Waals surface area contributed by atoms with E-state index in [4.69, 9.17) is 28.5 Å². The molecule has 2 N–H and O–H groups in total. The zero-order valence-electron chi connectivity index (χ0n) is 16.7. The lowest BCUT2D eigenvalue weighted by molar-refractivity contribution is 0.121. The molecule has 0 unspecified atom stereocenters. The first-order valence-electron chi connectivity index (χ1n) is 8.70. The highest BCUT2D eigenvalue weighted by Gasteiger charge is 2.41. The van der Waals surface area contributed by atoms with Gasteiger partial charge in [0.2, 0.25) is 0 Å². The van der Waals surface area contributed by atoms with E-state index in [-0.39, 0.29) is 0 Å². The van der Waals surface area contributed by atoms with Gasteiger partial charge in [-0.1, -0.05) is 24.3 Å². The summed E-state index contributed by atoms with van der Waals surface area (Å²) >= 11 is 0. The van der Waals surface area contributed by atoms with Gasteiger partial charge in [0, 0.05) is 27.4 Å². The predicted octanol–water partition coefficient (Wildman–Crippen LogP) is 3.17. The smallest absolute Gasteiger partial charge is 0.497 e. The summed E-state index contributed by atoms with van der Waals surface area (Å²) in [5.74, 6) is 1.57. The first kappa shape index (κ1) is 21.4. The lowest BCUT2D eigenvalue weighted by atomic mass is 9.81. The maximum absolute atomic E-state index is 6.97. The Morgan fingerprint density at radius 2 is 1.07 bits per heavy atom. The summed E-state index contributed by atoms with van der Waals surface area (Å²) in [6, 6.07) is 16.2. The molecule has 0 radical (unpaired) electrons. The average molecular weight is 392 g/mol. The van der Waals surface area contributed by atoms with Crippen LogP contribution in [0.25, 0.3) is 0 Å². The number of nitrogens with two attached hydrogens (primary N) is 1. The van der Waals surface area contributed by atoms with Crippen LogP contribution in [0.15, 0.2) is 48.5 Å². The SMILES string of the molecule is COc1ccc(C(N)(CC[Si](OC)(OC)OC)c2ccc(OC)cc2)cc1. The molecule has 0 aromatic heterocycles. The minimum absolute atomic E-state index is 0.574. The van der Waals surface area contributed by atoms with Crippen LogP contribution in [-0.4, -0.2) is 44.4 Å². The zero-order chi connectivity index (χ0) is 19.9. The van der Waals surface area contributed by atoms with Gasteiger partial charge in [-0.05, 0) is 41.8 Å². The Bertz CT molecular complexity index is 646. The molecule has 0 saturated heterocycles. The Kier molecular flexibility index (Phi) is 7.40. The number of hydrogen-bond donors (Lipinski definition) is 1. The molecule has 0 aliphatic rings. The van der Waals surface area contributed by atoms with Gasteiger partial charge in [0.1, 0.15) is 11.5 Å². The molecule has 2 aromatic rings. The zero-order valence-corrected chi connectivity index (χ0v) is 17.7. The van der Waals surface area contributed by atoms with E-state index in [9.17, 15) is 0 Å². The lowest BCUT2D eigenvalue weighted by Gasteiger charge is -2.34. The first-order valence-corrected chi connectivity index (χ1v) is 10.6. The van der Waals surface area contributed by atoms with Crippen molar-refractivity contribution in [1.82, 2.24) is 0 Å². The van der Waals surface area contributed by atoms with E-state index in [1.165, 1.54) is 0 Å². The second-order valence-electron chi connectivity index (χ2n) is 6.22. The van der Waals surface area contributed by atoms with Crippen LogP contribution in [0, 0.1) is 0 Å². The minimum atomic E-state index is -2.76. The highest BCUT2D eigenvalue weighted by atomic mass is 28.4. The van der Waals surface area contributed by atoms with Gasteiger partial charge in [0.25, 0.3) is 0 Å². The van der Waals surface area contributed by atoms with Crippen LogP contribution in [-0.2, 0) is 18.8 Å². The fraction of sp³-hybridized carbons (Fsp3) is 0.400. The van der Waals surface area contributed by atoms with Crippen molar-refractivity contribution in [3.63, 3.8) is 0 Å². The van der Waals surface area contributed by atoms with Crippen LogP contribution >= 0.6 is 0 Å². The maximum Gasteiger partial charge on any atom is 0.500 e. The summed E-state index contributed by atoms with van der Waals surface area (Å²) in [5, 5.41) is 0. The van der Waals surface area contributed by atoms with Crippen LogP contribution in [0.2, 0.25) is 6.04 Å². The molecule has 148 valence electrons. The summed E-state index contributed by atoms with van der Waals surface area (Å²) in [7, 11) is 5.36. The molecule has 0 amide bonds. The van der Waals surface area contributed by atoms with E-state index in [1.807, 2.05) is 48.5 Å². The van der Waals surface area contributed by atoms with E-state index in [1.54, 1.807) is 35.5 Å². The predicted molar refractivity (Wildman–Crippen MR) is 107 cm³/mol. The van der Waals surface area contributed by atoms with Gasteiger partial charge in [-0.3, -0.25) is 0 Å². The van der Waals surface area contributed by atoms with Gasteiger partial charge in [-0.2, -0.15) is 0 Å². The van der Waals surface area contributed by atoms with E-state index in [2.05, 4.69) is 0 Å². The average Bonchev–Trinajstić information content (AvgIpc) is 2.75. The highest BCUT2D eigenvalue weighted by molar-refractivity contribution is 6.60. The van der Waals surface area contributed by atoms with Gasteiger partial charge in [0.15, 0.2) is 0 Å². The molecule has 0 atom stereocenters. The Hall–Kier alpha value is -1.90. The molecule has 0 heterocycles. The van der Waals surface area contributed by atoms with Crippen molar-refractivity contribution in [2.45, 2.75) is 18.0 Å². The number of benzene rings is 2. The van der Waals surface area contributed by atoms with Crippen molar-refractivity contribution in [3.05, 3.63) is 59.7 Å². The third kappa shape index (κ3) is 4.69. The van der Waals surface area contributed by atoms with Crippen LogP contribution in [0.5, 0.6) is 11.5 Å². The molecule has 0 saturated carbocycles. The quantitative estimate of drug-likeness (QED) is 0.627. The van der Waals surface area contributed by atoms with E-state index in [0.717, 1.165) is 22.6 Å². The molecule has 7 heteroatoms. The third-order valence-corrected chi connectivity index (χ3v) is 7.70. The molecule has 2 rings (SSSR count). The van der Waals surface area contributed by atoms with Gasteiger partial charge in [0.05, 0.1) is 19.8 Å². The van der Waals surface area contributed by atoms with E-state index >= 15 is 0 Å². The standard InChI is InChI=1S/C20H29NO5Si/c1-22-18-10-6-16(7-11-18)20(21,14-15-27(24-3,25-4)26-5)17-8-12-19(23-2)13-9-17/h6-13H,14-15,21H2,1-5H3. The first-order chi connectivity index (χ1) is 13.0. The molecule has 2 aromatic carbocycles. The molecule has 0 aliphatic heterocycles. The van der Waals surface area contributed by atoms with Crippen LogP contribution in [0.3, 0.4) is 0 Å². The minimum Gasteiger partial charge on any atom is -0.497 e. The molecular formula is C20H29NO5Si. The summed E-state index contributed by atoms with van der Waals surface area (Å²) < 4.78 is 27.3. The largest absolute Gasteiger partial charge is 0.500 e. The summed E-state index contributed by atoms with van der Waals surface area (Å²) in [6.07, 6.45) is 0.591. The van der Waals surface area contributed by atoms with Gasteiger partial charge >= 0.3 is 8.80 Å². The van der Waals surface area contributed by atoms with Gasteiger partial charge < -0.3 is 28.5 Å². The number of methoxy groups -OCH3 is 2. The van der Waals surface area contributed by atoms with Crippen molar-refractivity contribution in [1.29, 1.82) is 0 Å².